The molecule has 0 radical (unpaired) electrons. The van der Waals surface area contributed by atoms with Crippen molar-refractivity contribution in [2.24, 2.45) is 5.11 Å². The van der Waals surface area contributed by atoms with Crippen LogP contribution in [0, 0.1) is 0 Å². The molecule has 0 fully saturated rings. The summed E-state index contributed by atoms with van der Waals surface area (Å²) in [7, 11) is 0. The molecule has 0 aliphatic rings. The molecule has 0 bridgehead atoms. The van der Waals surface area contributed by atoms with Gasteiger partial charge in [-0.15, -0.1) is 0 Å². The molecule has 72 valence electrons. The minimum Gasteiger partial charge on any atom is -0.398 e. The maximum atomic E-state index is 8.05. The summed E-state index contributed by atoms with van der Waals surface area (Å²) in [5, 5.41) is 3.38. The summed E-state index contributed by atoms with van der Waals surface area (Å²) in [5.74, 6) is 0. The van der Waals surface area contributed by atoms with Gasteiger partial charge in [0.15, 0.2) is 0 Å². The summed E-state index contributed by atoms with van der Waals surface area (Å²) in [6.45, 7) is 0.336. The zero-order valence-corrected chi connectivity index (χ0v) is 8.98. The fourth-order valence-electron chi connectivity index (χ4n) is 0.953. The van der Waals surface area contributed by atoms with Gasteiger partial charge in [-0.1, -0.05) is 33.2 Å². The number of hydrogen-bond donors (Lipinski definition) is 1. The van der Waals surface area contributed by atoms with Crippen molar-refractivity contribution in [3.8, 4) is 0 Å². The van der Waals surface area contributed by atoms with Gasteiger partial charge in [-0.05, 0) is 29.3 Å². The van der Waals surface area contributed by atoms with Crippen molar-refractivity contribution in [2.75, 3.05) is 12.3 Å². The van der Waals surface area contributed by atoms with Gasteiger partial charge in [-0.2, -0.15) is 0 Å². The lowest BCUT2D eigenvalue weighted by Crippen LogP contribution is -1.88. The number of halogens is 1. The van der Waals surface area contributed by atoms with E-state index in [1.807, 2.05) is 24.3 Å². The number of nitrogens with zero attached hydrogens (tertiary/aromatic N) is 3. The maximum absolute atomic E-state index is 8.05. The molecule has 0 unspecified atom stereocenters. The Labute approximate surface area is 90.2 Å². The first-order chi connectivity index (χ1) is 6.74. The molecule has 0 heterocycles. The van der Waals surface area contributed by atoms with Crippen molar-refractivity contribution in [1.29, 1.82) is 0 Å². The molecule has 0 spiro atoms. The molecular weight excluding hydrogens is 244 g/mol. The van der Waals surface area contributed by atoms with Crippen LogP contribution in [-0.4, -0.2) is 6.54 Å². The van der Waals surface area contributed by atoms with Crippen LogP contribution in [0.5, 0.6) is 0 Å². The topological polar surface area (TPSA) is 74.8 Å². The van der Waals surface area contributed by atoms with Crippen molar-refractivity contribution in [3.05, 3.63) is 44.8 Å². The lowest BCUT2D eigenvalue weighted by molar-refractivity contribution is 1.22. The Morgan fingerprint density at radius 1 is 1.57 bits per heavy atom. The van der Waals surface area contributed by atoms with E-state index in [1.165, 1.54) is 0 Å². The minimum atomic E-state index is 0.336. The number of nitrogen functional groups attached to an aromatic ring is 1. The molecule has 0 amide bonds. The van der Waals surface area contributed by atoms with Gasteiger partial charge in [0.05, 0.1) is 0 Å². The highest BCUT2D eigenvalue weighted by atomic mass is 79.9. The first-order valence-electron chi connectivity index (χ1n) is 3.96. The smallest absolute Gasteiger partial charge is 0.0443 e. The molecule has 4 nitrogen and oxygen atoms in total. The maximum Gasteiger partial charge on any atom is 0.0443 e. The first-order valence-corrected chi connectivity index (χ1v) is 4.76. The largest absolute Gasteiger partial charge is 0.398 e. The standard InChI is InChI=1S/C9H9BrN4/c10-8-3-4-9(11)7(6-8)2-1-5-13-14-12/h1-4,6H,5,11H2. The SMILES string of the molecule is [N-]=[N+]=NCC=Cc1cc(Br)ccc1N. The summed E-state index contributed by atoms with van der Waals surface area (Å²) >= 11 is 3.35. The molecule has 0 atom stereocenters. The van der Waals surface area contributed by atoms with Crippen LogP contribution in [0.2, 0.25) is 0 Å². The lowest BCUT2D eigenvalue weighted by atomic mass is 10.2. The number of rotatable bonds is 3. The number of benzene rings is 1. The summed E-state index contributed by atoms with van der Waals surface area (Å²) in [6.07, 6.45) is 3.59. The average Bonchev–Trinajstić information content (AvgIpc) is 2.18. The van der Waals surface area contributed by atoms with Crippen LogP contribution >= 0.6 is 15.9 Å². The molecule has 5 heteroatoms. The fraction of sp³-hybridized carbons (Fsp3) is 0.111. The number of azide groups is 1. The summed E-state index contributed by atoms with van der Waals surface area (Å²) in [4.78, 5) is 2.64. The van der Waals surface area contributed by atoms with Gasteiger partial charge < -0.3 is 5.73 Å². The van der Waals surface area contributed by atoms with Gasteiger partial charge in [0.25, 0.3) is 0 Å². The normalized spacial score (nSPS) is 10.1. The summed E-state index contributed by atoms with van der Waals surface area (Å²) < 4.78 is 0.968. The Bertz CT molecular complexity index is 394. The van der Waals surface area contributed by atoms with E-state index >= 15 is 0 Å². The van der Waals surface area contributed by atoms with Crippen LogP contribution < -0.4 is 5.73 Å². The van der Waals surface area contributed by atoms with Crippen molar-refractivity contribution in [3.63, 3.8) is 0 Å². The predicted molar refractivity (Wildman–Crippen MR) is 61.6 cm³/mol. The minimum absolute atomic E-state index is 0.336. The number of nitrogens with two attached hydrogens (primary N) is 1. The van der Waals surface area contributed by atoms with E-state index in [0.717, 1.165) is 10.0 Å². The molecule has 1 rings (SSSR count). The fourth-order valence-corrected chi connectivity index (χ4v) is 1.33. The third-order valence-corrected chi connectivity index (χ3v) is 2.09. The molecule has 14 heavy (non-hydrogen) atoms. The van der Waals surface area contributed by atoms with Crippen molar-refractivity contribution < 1.29 is 0 Å². The third kappa shape index (κ3) is 3.12. The average molecular weight is 253 g/mol. The molecule has 2 N–H and O–H groups in total. The second kappa shape index (κ2) is 5.32. The molecule has 0 saturated heterocycles. The zero-order chi connectivity index (χ0) is 10.4. The van der Waals surface area contributed by atoms with E-state index in [4.69, 9.17) is 11.3 Å². The Balaban J connectivity index is 2.79. The summed E-state index contributed by atoms with van der Waals surface area (Å²) in [6, 6.07) is 5.60. The van der Waals surface area contributed by atoms with E-state index in [0.29, 0.717) is 12.2 Å². The zero-order valence-electron chi connectivity index (χ0n) is 7.39. The molecule has 1 aromatic carbocycles. The van der Waals surface area contributed by atoms with Gasteiger partial charge in [-0.25, -0.2) is 0 Å². The van der Waals surface area contributed by atoms with Gasteiger partial charge >= 0.3 is 0 Å². The Morgan fingerprint density at radius 2 is 2.36 bits per heavy atom. The second-order valence-corrected chi connectivity index (χ2v) is 3.50. The van der Waals surface area contributed by atoms with Gasteiger partial charge in [0.1, 0.15) is 0 Å². The van der Waals surface area contributed by atoms with Crippen molar-refractivity contribution >= 4 is 27.7 Å². The van der Waals surface area contributed by atoms with E-state index in [2.05, 4.69) is 26.0 Å². The Morgan fingerprint density at radius 3 is 3.07 bits per heavy atom. The highest BCUT2D eigenvalue weighted by Crippen LogP contribution is 2.19. The van der Waals surface area contributed by atoms with Crippen LogP contribution in [-0.2, 0) is 0 Å². The molecule has 0 aliphatic heterocycles. The predicted octanol–water partition coefficient (Wildman–Crippen LogP) is 3.35. The van der Waals surface area contributed by atoms with Gasteiger partial charge in [0.2, 0.25) is 0 Å². The highest BCUT2D eigenvalue weighted by molar-refractivity contribution is 9.10. The Hall–Kier alpha value is -1.45. The van der Waals surface area contributed by atoms with E-state index in [-0.39, 0.29) is 0 Å². The van der Waals surface area contributed by atoms with E-state index < -0.39 is 0 Å². The first kappa shape index (κ1) is 10.6. The van der Waals surface area contributed by atoms with Crippen LogP contribution in [0.4, 0.5) is 5.69 Å². The Kier molecular flexibility index (Phi) is 4.04. The van der Waals surface area contributed by atoms with Crippen molar-refractivity contribution in [2.45, 2.75) is 0 Å². The highest BCUT2D eigenvalue weighted by Gasteiger charge is 1.94. The molecule has 0 saturated carbocycles. The molecular formula is C9H9BrN4. The van der Waals surface area contributed by atoms with Crippen molar-refractivity contribution in [1.82, 2.24) is 0 Å². The number of anilines is 1. The monoisotopic (exact) mass is 252 g/mol. The van der Waals surface area contributed by atoms with Gasteiger partial charge in [0, 0.05) is 21.6 Å². The quantitative estimate of drug-likeness (QED) is 0.381. The molecule has 1 aromatic rings. The van der Waals surface area contributed by atoms with Crippen LogP contribution in [0.1, 0.15) is 5.56 Å². The molecule has 0 aromatic heterocycles. The van der Waals surface area contributed by atoms with Crippen LogP contribution in [0.3, 0.4) is 0 Å². The van der Waals surface area contributed by atoms with Gasteiger partial charge in [-0.3, -0.25) is 0 Å². The van der Waals surface area contributed by atoms with E-state index in [9.17, 15) is 0 Å². The number of hydrogen-bond acceptors (Lipinski definition) is 2. The third-order valence-electron chi connectivity index (χ3n) is 1.60. The second-order valence-electron chi connectivity index (χ2n) is 2.59. The summed E-state index contributed by atoms with van der Waals surface area (Å²) in [5.41, 5.74) is 15.4. The van der Waals surface area contributed by atoms with Crippen LogP contribution in [0.15, 0.2) is 33.9 Å². The van der Waals surface area contributed by atoms with Crippen LogP contribution in [0.25, 0.3) is 16.5 Å². The lowest BCUT2D eigenvalue weighted by Gasteiger charge is -1.99. The molecule has 0 aliphatic carbocycles. The van der Waals surface area contributed by atoms with E-state index in [1.54, 1.807) is 6.08 Å².